The van der Waals surface area contributed by atoms with Crippen LogP contribution in [0.15, 0.2) is 97.1 Å². The van der Waals surface area contributed by atoms with Crippen LogP contribution < -0.4 is 0 Å². The van der Waals surface area contributed by atoms with Crippen LogP contribution in [0.1, 0.15) is 135 Å². The van der Waals surface area contributed by atoms with Crippen molar-refractivity contribution in [3.63, 3.8) is 0 Å². The summed E-state index contributed by atoms with van der Waals surface area (Å²) in [7, 11) is 0. The normalized spacial score (nSPS) is 23.1. The molecule has 4 aromatic rings. The Balaban J connectivity index is 0.00000276. The lowest BCUT2D eigenvalue weighted by molar-refractivity contribution is -0.253. The highest BCUT2D eigenvalue weighted by Crippen LogP contribution is 2.39. The number of hydrogen-bond donors (Lipinski definition) is 3. The summed E-state index contributed by atoms with van der Waals surface area (Å²) < 4.78 is 25.1. The van der Waals surface area contributed by atoms with Crippen LogP contribution in [0.4, 0.5) is 0 Å². The molecule has 0 spiro atoms. The van der Waals surface area contributed by atoms with Crippen LogP contribution >= 0.6 is 0 Å². The van der Waals surface area contributed by atoms with Gasteiger partial charge >= 0.3 is 0 Å². The SMILES string of the molecule is CC.CCC1CC(CCCC(O)CC2CC(CC)OC(c3cc(C(=O)c4ccccc4)ccc3O)O2)OC(c2cc(C(=O)c3ccccc3)ccc2O)O1. The van der Waals surface area contributed by atoms with Crippen molar-refractivity contribution in [1.29, 1.82) is 0 Å². The predicted octanol–water partition coefficient (Wildman–Crippen LogP) is 9.37. The second-order valence-corrected chi connectivity index (χ2v) is 13.7. The minimum Gasteiger partial charge on any atom is -0.507 e. The number of benzene rings is 4. The van der Waals surface area contributed by atoms with Crippen LogP contribution in [0.5, 0.6) is 11.5 Å². The number of ketones is 2. The van der Waals surface area contributed by atoms with E-state index in [1.54, 1.807) is 48.5 Å². The Labute approximate surface area is 318 Å². The molecule has 2 heterocycles. The molecule has 0 bridgehead atoms. The number of carbonyl (C=O) groups is 2. The third kappa shape index (κ3) is 10.4. The van der Waals surface area contributed by atoms with Gasteiger partial charge in [0.25, 0.3) is 0 Å². The standard InChI is InChI=1S/C43H48O9.C2H6/c1-3-32-25-34(51-42(49-32)36-22-29(18-20-38(36)45)40(47)27-12-7-5-8-13-27)17-11-16-31(44)24-35-26-33(4-2)50-43(52-35)37-23-30(19-21-39(37)46)41(48)28-14-9-6-10-15-28;1-2/h5-10,12-15,18-23,31-35,42-46H,3-4,11,16-17,24-26H2,1-2H3;1-2H3. The Morgan fingerprint density at radius 2 is 1.04 bits per heavy atom. The number of carbonyl (C=O) groups excluding carboxylic acids is 2. The molecule has 9 heteroatoms. The van der Waals surface area contributed by atoms with Gasteiger partial charge in [-0.15, -0.1) is 0 Å². The molecule has 2 saturated heterocycles. The minimum absolute atomic E-state index is 0.00326. The number of phenols is 2. The van der Waals surface area contributed by atoms with Gasteiger partial charge in [0, 0.05) is 35.1 Å². The number of phenolic OH excluding ortho intramolecular Hbond substituents is 2. The molecule has 0 aromatic heterocycles. The van der Waals surface area contributed by atoms with E-state index in [9.17, 15) is 24.9 Å². The summed E-state index contributed by atoms with van der Waals surface area (Å²) in [4.78, 5) is 26.3. The first-order valence-electron chi connectivity index (χ1n) is 19.4. The Morgan fingerprint density at radius 3 is 1.50 bits per heavy atom. The lowest BCUT2D eigenvalue weighted by Gasteiger charge is -2.37. The number of aromatic hydroxyl groups is 2. The van der Waals surface area contributed by atoms with Crippen LogP contribution in [-0.4, -0.2) is 57.4 Å². The monoisotopic (exact) mass is 738 g/mol. The largest absolute Gasteiger partial charge is 0.507 e. The smallest absolute Gasteiger partial charge is 0.193 e. The second-order valence-electron chi connectivity index (χ2n) is 13.7. The average Bonchev–Trinajstić information content (AvgIpc) is 3.21. The summed E-state index contributed by atoms with van der Waals surface area (Å²) in [5.74, 6) is -0.328. The van der Waals surface area contributed by atoms with Gasteiger partial charge in [-0.1, -0.05) is 88.4 Å². The fraction of sp³-hybridized carbons (Fsp3) is 0.422. The Bertz CT molecular complexity index is 1790. The number of ether oxygens (including phenoxy) is 4. The summed E-state index contributed by atoms with van der Waals surface area (Å²) in [5.41, 5.74) is 2.78. The molecule has 7 atom stereocenters. The highest BCUT2D eigenvalue weighted by molar-refractivity contribution is 6.09. The van der Waals surface area contributed by atoms with E-state index in [1.807, 2.05) is 64.1 Å². The van der Waals surface area contributed by atoms with E-state index < -0.39 is 18.7 Å². The van der Waals surface area contributed by atoms with Crippen molar-refractivity contribution in [2.45, 2.75) is 122 Å². The van der Waals surface area contributed by atoms with Gasteiger partial charge in [-0.2, -0.15) is 0 Å². The number of rotatable bonds is 14. The van der Waals surface area contributed by atoms with Crippen LogP contribution in [0, 0.1) is 0 Å². The Kier molecular flexibility index (Phi) is 15.0. The minimum atomic E-state index is -0.879. The molecule has 288 valence electrons. The molecule has 2 aliphatic heterocycles. The van der Waals surface area contributed by atoms with Gasteiger partial charge in [0.05, 0.1) is 41.6 Å². The third-order valence-corrected chi connectivity index (χ3v) is 9.98. The van der Waals surface area contributed by atoms with Gasteiger partial charge in [0.15, 0.2) is 24.1 Å². The molecule has 2 aliphatic rings. The molecule has 0 saturated carbocycles. The van der Waals surface area contributed by atoms with Crippen molar-refractivity contribution < 1.29 is 43.9 Å². The van der Waals surface area contributed by atoms with Crippen molar-refractivity contribution in [1.82, 2.24) is 0 Å². The fourth-order valence-electron chi connectivity index (χ4n) is 7.01. The van der Waals surface area contributed by atoms with Crippen molar-refractivity contribution in [3.05, 3.63) is 130 Å². The molecule has 2 fully saturated rings. The summed E-state index contributed by atoms with van der Waals surface area (Å²) in [6, 6.07) is 27.4. The topological polar surface area (TPSA) is 132 Å². The number of aliphatic hydroxyl groups excluding tert-OH is 1. The maximum absolute atomic E-state index is 13.1. The van der Waals surface area contributed by atoms with E-state index in [0.29, 0.717) is 71.9 Å². The molecule has 0 aliphatic carbocycles. The summed E-state index contributed by atoms with van der Waals surface area (Å²) in [6.45, 7) is 8.07. The van der Waals surface area contributed by atoms with Gasteiger partial charge in [-0.3, -0.25) is 9.59 Å². The number of hydrogen-bond acceptors (Lipinski definition) is 9. The van der Waals surface area contributed by atoms with Gasteiger partial charge in [0.1, 0.15) is 11.5 Å². The Hall–Kier alpha value is -4.38. The maximum atomic E-state index is 13.1. The quantitative estimate of drug-likeness (QED) is 0.108. The predicted molar refractivity (Wildman–Crippen MR) is 207 cm³/mol. The molecular formula is C45H54O9. The third-order valence-electron chi connectivity index (χ3n) is 9.98. The molecule has 9 nitrogen and oxygen atoms in total. The number of aliphatic hydroxyl groups is 1. The molecule has 6 rings (SSSR count). The molecule has 54 heavy (non-hydrogen) atoms. The van der Waals surface area contributed by atoms with E-state index in [-0.39, 0.29) is 47.5 Å². The van der Waals surface area contributed by atoms with Crippen LogP contribution in [0.2, 0.25) is 0 Å². The van der Waals surface area contributed by atoms with Crippen LogP contribution in [0.25, 0.3) is 0 Å². The molecule has 3 N–H and O–H groups in total. The molecule has 0 radical (unpaired) electrons. The fourth-order valence-corrected chi connectivity index (χ4v) is 7.01. The first kappa shape index (κ1) is 40.8. The first-order valence-corrected chi connectivity index (χ1v) is 19.4. The highest BCUT2D eigenvalue weighted by atomic mass is 16.7. The van der Waals surface area contributed by atoms with Crippen molar-refractivity contribution in [3.8, 4) is 11.5 Å². The highest BCUT2D eigenvalue weighted by Gasteiger charge is 2.35. The second kappa shape index (κ2) is 19.8. The van der Waals surface area contributed by atoms with E-state index in [1.165, 1.54) is 12.1 Å². The van der Waals surface area contributed by atoms with Crippen molar-refractivity contribution >= 4 is 11.6 Å². The summed E-state index contributed by atoms with van der Waals surface area (Å²) >= 11 is 0. The zero-order chi connectivity index (χ0) is 38.6. The van der Waals surface area contributed by atoms with Gasteiger partial charge < -0.3 is 34.3 Å². The van der Waals surface area contributed by atoms with Gasteiger partial charge in [-0.05, 0) is 74.9 Å². The zero-order valence-corrected chi connectivity index (χ0v) is 31.7. The van der Waals surface area contributed by atoms with Gasteiger partial charge in [0.2, 0.25) is 0 Å². The first-order chi connectivity index (χ1) is 26.2. The van der Waals surface area contributed by atoms with Crippen molar-refractivity contribution in [2.75, 3.05) is 0 Å². The van der Waals surface area contributed by atoms with E-state index >= 15 is 0 Å². The maximum Gasteiger partial charge on any atom is 0.193 e. The zero-order valence-electron chi connectivity index (χ0n) is 31.7. The van der Waals surface area contributed by atoms with Gasteiger partial charge in [-0.25, -0.2) is 0 Å². The van der Waals surface area contributed by atoms with E-state index in [0.717, 1.165) is 12.8 Å². The molecule has 7 unspecified atom stereocenters. The average molecular weight is 739 g/mol. The molecular weight excluding hydrogens is 684 g/mol. The lowest BCUT2D eigenvalue weighted by atomic mass is 9.96. The Morgan fingerprint density at radius 1 is 0.611 bits per heavy atom. The van der Waals surface area contributed by atoms with E-state index in [4.69, 9.17) is 18.9 Å². The summed E-state index contributed by atoms with van der Waals surface area (Å²) in [6.07, 6.45) is 2.05. The molecule has 4 aromatic carbocycles. The van der Waals surface area contributed by atoms with Crippen molar-refractivity contribution in [2.24, 2.45) is 0 Å². The van der Waals surface area contributed by atoms with E-state index in [2.05, 4.69) is 0 Å². The summed E-state index contributed by atoms with van der Waals surface area (Å²) in [5, 5.41) is 32.7. The lowest BCUT2D eigenvalue weighted by Crippen LogP contribution is -2.36. The van der Waals surface area contributed by atoms with Crippen LogP contribution in [0.3, 0.4) is 0 Å². The molecule has 0 amide bonds. The van der Waals surface area contributed by atoms with Crippen LogP contribution in [-0.2, 0) is 18.9 Å².